The van der Waals surface area contributed by atoms with Gasteiger partial charge >= 0.3 is 6.18 Å². The van der Waals surface area contributed by atoms with Crippen molar-refractivity contribution in [2.45, 2.75) is 31.6 Å². The van der Waals surface area contributed by atoms with E-state index in [-0.39, 0.29) is 12.4 Å². The molecule has 2 heterocycles. The van der Waals surface area contributed by atoms with Crippen molar-refractivity contribution < 1.29 is 13.2 Å². The molecule has 0 radical (unpaired) electrons. The lowest BCUT2D eigenvalue weighted by atomic mass is 10.1. The highest BCUT2D eigenvalue weighted by molar-refractivity contribution is 7.11. The maximum absolute atomic E-state index is 12.4. The number of alkyl halides is 3. The van der Waals surface area contributed by atoms with E-state index >= 15 is 0 Å². The Kier molecular flexibility index (Phi) is 6.04. The minimum absolute atomic E-state index is 0. The van der Waals surface area contributed by atoms with E-state index in [0.29, 0.717) is 17.6 Å². The normalized spacial score (nSPS) is 18.3. The van der Waals surface area contributed by atoms with Gasteiger partial charge in [-0.25, -0.2) is 4.98 Å². The minimum Gasteiger partial charge on any atom is -0.317 e. The fourth-order valence-corrected chi connectivity index (χ4v) is 2.91. The first-order valence-corrected chi connectivity index (χ1v) is 6.72. The van der Waals surface area contributed by atoms with Crippen LogP contribution in [0.25, 0.3) is 0 Å². The van der Waals surface area contributed by atoms with E-state index in [2.05, 4.69) is 15.2 Å². The van der Waals surface area contributed by atoms with Gasteiger partial charge in [0, 0.05) is 19.1 Å². The SMILES string of the molecule is CNC1CCN(Cc2ncc(C(F)(F)F)s2)CC1.Cl. The van der Waals surface area contributed by atoms with Gasteiger partial charge in [-0.1, -0.05) is 0 Å². The fraction of sp³-hybridized carbons (Fsp3) is 0.727. The van der Waals surface area contributed by atoms with Crippen LogP contribution in [-0.4, -0.2) is 36.1 Å². The lowest BCUT2D eigenvalue weighted by molar-refractivity contribution is -0.134. The van der Waals surface area contributed by atoms with E-state index < -0.39 is 11.1 Å². The van der Waals surface area contributed by atoms with E-state index in [1.807, 2.05) is 7.05 Å². The number of nitrogens with one attached hydrogen (secondary N) is 1. The summed E-state index contributed by atoms with van der Waals surface area (Å²) in [6, 6.07) is 0.531. The van der Waals surface area contributed by atoms with Crippen LogP contribution in [0.3, 0.4) is 0 Å². The molecular weight excluding hydrogens is 299 g/mol. The highest BCUT2D eigenvalue weighted by Crippen LogP contribution is 2.33. The van der Waals surface area contributed by atoms with Crippen molar-refractivity contribution in [1.29, 1.82) is 0 Å². The molecule has 1 aliphatic heterocycles. The van der Waals surface area contributed by atoms with Crippen LogP contribution in [0.2, 0.25) is 0 Å². The molecule has 0 aliphatic carbocycles. The Bertz CT molecular complexity index is 389. The summed E-state index contributed by atoms with van der Waals surface area (Å²) in [5.41, 5.74) is 0. The van der Waals surface area contributed by atoms with E-state index in [1.165, 1.54) is 0 Å². The van der Waals surface area contributed by atoms with Crippen LogP contribution in [0.15, 0.2) is 6.20 Å². The van der Waals surface area contributed by atoms with Gasteiger partial charge in [0.1, 0.15) is 9.88 Å². The maximum Gasteiger partial charge on any atom is 0.427 e. The topological polar surface area (TPSA) is 28.2 Å². The largest absolute Gasteiger partial charge is 0.427 e. The van der Waals surface area contributed by atoms with Gasteiger partial charge in [-0.3, -0.25) is 4.90 Å². The summed E-state index contributed by atoms with van der Waals surface area (Å²) >= 11 is 0.747. The number of nitrogens with zero attached hydrogens (tertiary/aromatic N) is 2. The van der Waals surface area contributed by atoms with Crippen LogP contribution in [0.5, 0.6) is 0 Å². The molecule has 3 nitrogen and oxygen atoms in total. The molecule has 0 aromatic carbocycles. The highest BCUT2D eigenvalue weighted by atomic mass is 35.5. The average molecular weight is 316 g/mol. The van der Waals surface area contributed by atoms with Crippen molar-refractivity contribution in [2.75, 3.05) is 20.1 Å². The first kappa shape index (κ1) is 16.7. The standard InChI is InChI=1S/C11H16F3N3S.ClH/c1-15-8-2-4-17(5-3-8)7-10-16-6-9(18-10)11(12,13)14;/h6,8,15H,2-5,7H2,1H3;1H. The summed E-state index contributed by atoms with van der Waals surface area (Å²) < 4.78 is 37.3. The lowest BCUT2D eigenvalue weighted by Gasteiger charge is -2.31. The molecule has 2 rings (SSSR count). The number of likely N-dealkylation sites (tertiary alicyclic amines) is 1. The molecule has 1 aliphatic rings. The Balaban J connectivity index is 0.00000180. The summed E-state index contributed by atoms with van der Waals surface area (Å²) in [6.45, 7) is 2.34. The van der Waals surface area contributed by atoms with Crippen LogP contribution < -0.4 is 5.32 Å². The van der Waals surface area contributed by atoms with Gasteiger partial charge in [0.25, 0.3) is 0 Å². The number of aromatic nitrogens is 1. The number of hydrogen-bond donors (Lipinski definition) is 1. The van der Waals surface area contributed by atoms with Gasteiger partial charge in [0.05, 0.1) is 12.7 Å². The average Bonchev–Trinajstić information content (AvgIpc) is 2.78. The monoisotopic (exact) mass is 315 g/mol. The second-order valence-corrected chi connectivity index (χ2v) is 5.57. The Labute approximate surface area is 120 Å². The molecule has 0 amide bonds. The molecule has 1 saturated heterocycles. The van der Waals surface area contributed by atoms with E-state index in [9.17, 15) is 13.2 Å². The highest BCUT2D eigenvalue weighted by Gasteiger charge is 2.33. The molecule has 1 aromatic rings. The van der Waals surface area contributed by atoms with Gasteiger partial charge in [-0.2, -0.15) is 13.2 Å². The van der Waals surface area contributed by atoms with Gasteiger partial charge in [-0.15, -0.1) is 23.7 Å². The first-order chi connectivity index (χ1) is 8.49. The molecule has 8 heteroatoms. The number of halogens is 4. The molecule has 19 heavy (non-hydrogen) atoms. The minimum atomic E-state index is -4.27. The molecule has 0 atom stereocenters. The third-order valence-electron chi connectivity index (χ3n) is 3.19. The van der Waals surface area contributed by atoms with Gasteiger partial charge < -0.3 is 5.32 Å². The zero-order valence-corrected chi connectivity index (χ0v) is 12.2. The zero-order chi connectivity index (χ0) is 13.2. The smallest absolute Gasteiger partial charge is 0.317 e. The lowest BCUT2D eigenvalue weighted by Crippen LogP contribution is -2.40. The summed E-state index contributed by atoms with van der Waals surface area (Å²) in [6.07, 6.45) is -1.27. The third-order valence-corrected chi connectivity index (χ3v) is 4.21. The van der Waals surface area contributed by atoms with Gasteiger partial charge in [0.2, 0.25) is 0 Å². The second-order valence-electron chi connectivity index (χ2n) is 4.46. The molecular formula is C11H17ClF3N3S. The van der Waals surface area contributed by atoms with Crippen molar-refractivity contribution in [3.05, 3.63) is 16.1 Å². The van der Waals surface area contributed by atoms with E-state index in [0.717, 1.165) is 43.5 Å². The Hall–Kier alpha value is -0.370. The molecule has 0 spiro atoms. The number of piperidine rings is 1. The molecule has 0 bridgehead atoms. The fourth-order valence-electron chi connectivity index (χ4n) is 2.09. The first-order valence-electron chi connectivity index (χ1n) is 5.90. The van der Waals surface area contributed by atoms with Crippen molar-refractivity contribution in [3.8, 4) is 0 Å². The molecule has 0 unspecified atom stereocenters. The van der Waals surface area contributed by atoms with Gasteiger partial charge in [0.15, 0.2) is 0 Å². The summed E-state index contributed by atoms with van der Waals surface area (Å²) in [5.74, 6) is 0. The van der Waals surface area contributed by atoms with Crippen molar-refractivity contribution >= 4 is 23.7 Å². The Morgan fingerprint density at radius 3 is 2.53 bits per heavy atom. The number of thiazole rings is 1. The second kappa shape index (κ2) is 6.88. The Morgan fingerprint density at radius 1 is 1.42 bits per heavy atom. The predicted molar refractivity (Wildman–Crippen MR) is 71.7 cm³/mol. The van der Waals surface area contributed by atoms with Crippen LogP contribution in [-0.2, 0) is 12.7 Å². The van der Waals surface area contributed by atoms with Crippen molar-refractivity contribution in [1.82, 2.24) is 15.2 Å². The van der Waals surface area contributed by atoms with Crippen LogP contribution in [0.1, 0.15) is 22.7 Å². The zero-order valence-electron chi connectivity index (χ0n) is 10.5. The van der Waals surface area contributed by atoms with E-state index in [1.54, 1.807) is 0 Å². The van der Waals surface area contributed by atoms with Crippen molar-refractivity contribution in [2.24, 2.45) is 0 Å². The molecule has 0 saturated carbocycles. The van der Waals surface area contributed by atoms with Crippen LogP contribution in [0.4, 0.5) is 13.2 Å². The van der Waals surface area contributed by atoms with Gasteiger partial charge in [-0.05, 0) is 19.9 Å². The molecule has 1 aromatic heterocycles. The third kappa shape index (κ3) is 4.59. The molecule has 1 N–H and O–H groups in total. The number of rotatable bonds is 3. The Morgan fingerprint density at radius 2 is 2.05 bits per heavy atom. The maximum atomic E-state index is 12.4. The van der Waals surface area contributed by atoms with Crippen molar-refractivity contribution in [3.63, 3.8) is 0 Å². The van der Waals surface area contributed by atoms with Crippen LogP contribution >= 0.6 is 23.7 Å². The quantitative estimate of drug-likeness (QED) is 0.929. The molecule has 110 valence electrons. The summed E-state index contributed by atoms with van der Waals surface area (Å²) in [7, 11) is 1.94. The van der Waals surface area contributed by atoms with E-state index in [4.69, 9.17) is 0 Å². The number of hydrogen-bond acceptors (Lipinski definition) is 4. The summed E-state index contributed by atoms with van der Waals surface area (Å²) in [4.78, 5) is 5.41. The van der Waals surface area contributed by atoms with Crippen LogP contribution in [0, 0.1) is 0 Å². The summed E-state index contributed by atoms with van der Waals surface area (Å²) in [5, 5.41) is 3.77. The molecule has 1 fully saturated rings. The predicted octanol–water partition coefficient (Wildman–Crippen LogP) is 2.77.